The molecule has 0 atom stereocenters. The van der Waals surface area contributed by atoms with Crippen LogP contribution in [0.5, 0.6) is 0 Å². The zero-order chi connectivity index (χ0) is 19.2. The van der Waals surface area contributed by atoms with Crippen LogP contribution in [0, 0.1) is 5.92 Å². The first kappa shape index (κ1) is 19.1. The predicted octanol–water partition coefficient (Wildman–Crippen LogP) is 3.81. The molecule has 1 saturated heterocycles. The van der Waals surface area contributed by atoms with Crippen molar-refractivity contribution in [1.82, 2.24) is 10.2 Å². The van der Waals surface area contributed by atoms with Gasteiger partial charge in [-0.05, 0) is 69.0 Å². The van der Waals surface area contributed by atoms with Crippen molar-refractivity contribution >= 4 is 23.1 Å². The molecule has 2 aromatic rings. The zero-order valence-corrected chi connectivity index (χ0v) is 16.5. The van der Waals surface area contributed by atoms with Gasteiger partial charge in [0.15, 0.2) is 11.5 Å². The molecule has 1 aliphatic heterocycles. The molecule has 1 N–H and O–H groups in total. The molecule has 1 amide bonds. The molecule has 27 heavy (non-hydrogen) atoms. The maximum atomic E-state index is 12.4. The van der Waals surface area contributed by atoms with Gasteiger partial charge in [-0.3, -0.25) is 4.79 Å². The Hall–Kier alpha value is -2.63. The van der Waals surface area contributed by atoms with Crippen molar-refractivity contribution in [3.8, 4) is 0 Å². The topological polar surface area (TPSA) is 61.4 Å². The third-order valence-electron chi connectivity index (χ3n) is 5.24. The van der Waals surface area contributed by atoms with Gasteiger partial charge in [0, 0.05) is 37.6 Å². The van der Waals surface area contributed by atoms with Crippen molar-refractivity contribution in [2.24, 2.45) is 5.92 Å². The quantitative estimate of drug-likeness (QED) is 0.841. The van der Waals surface area contributed by atoms with Crippen LogP contribution in [0.2, 0.25) is 0 Å². The van der Waals surface area contributed by atoms with E-state index in [9.17, 15) is 4.79 Å². The van der Waals surface area contributed by atoms with E-state index in [1.54, 1.807) is 6.07 Å². The van der Waals surface area contributed by atoms with Gasteiger partial charge < -0.3 is 15.1 Å². The van der Waals surface area contributed by atoms with Crippen LogP contribution in [0.1, 0.15) is 44.1 Å². The normalized spacial score (nSPS) is 14.9. The Kier molecular flexibility index (Phi) is 6.27. The lowest BCUT2D eigenvalue weighted by Crippen LogP contribution is -2.32. The molecule has 0 radical (unpaired) electrons. The second-order valence-electron chi connectivity index (χ2n) is 7.12. The molecule has 1 aromatic carbocycles. The summed E-state index contributed by atoms with van der Waals surface area (Å²) in [6.07, 6.45) is 2.47. The van der Waals surface area contributed by atoms with Gasteiger partial charge in [0.05, 0.1) is 0 Å². The summed E-state index contributed by atoms with van der Waals surface area (Å²) in [4.78, 5) is 16.9. The summed E-state index contributed by atoms with van der Waals surface area (Å²) in [6.45, 7) is 10.4. The number of hydrogen-bond acceptors (Lipinski definition) is 5. The van der Waals surface area contributed by atoms with Crippen LogP contribution in [-0.4, -0.2) is 42.3 Å². The summed E-state index contributed by atoms with van der Waals surface area (Å²) in [7, 11) is 0. The molecule has 0 spiro atoms. The first-order valence-corrected chi connectivity index (χ1v) is 9.85. The number of carbonyl (C=O) groups excluding carboxylic acids is 1. The van der Waals surface area contributed by atoms with E-state index in [0.29, 0.717) is 5.69 Å². The molecule has 1 aliphatic rings. The highest BCUT2D eigenvalue weighted by Crippen LogP contribution is 2.24. The summed E-state index contributed by atoms with van der Waals surface area (Å²) >= 11 is 0. The second kappa shape index (κ2) is 8.84. The number of anilines is 3. The zero-order valence-electron chi connectivity index (χ0n) is 16.5. The van der Waals surface area contributed by atoms with Crippen LogP contribution in [0.25, 0.3) is 0 Å². The van der Waals surface area contributed by atoms with Crippen LogP contribution < -0.4 is 15.1 Å². The van der Waals surface area contributed by atoms with Gasteiger partial charge in [-0.25, -0.2) is 0 Å². The maximum Gasteiger partial charge on any atom is 0.276 e. The number of nitrogens with one attached hydrogen (secondary N) is 1. The summed E-state index contributed by atoms with van der Waals surface area (Å²) in [6, 6.07) is 11.6. The molecule has 144 valence electrons. The average Bonchev–Trinajstić information content (AvgIpc) is 2.71. The smallest absolute Gasteiger partial charge is 0.276 e. The lowest BCUT2D eigenvalue weighted by atomic mass is 9.99. The summed E-state index contributed by atoms with van der Waals surface area (Å²) in [5.41, 5.74) is 2.30. The Bertz CT molecular complexity index is 732. The largest absolute Gasteiger partial charge is 0.372 e. The van der Waals surface area contributed by atoms with Crippen molar-refractivity contribution < 1.29 is 4.79 Å². The minimum atomic E-state index is -0.242. The fraction of sp³-hybridized carbons (Fsp3) is 0.476. The number of hydrogen-bond donors (Lipinski definition) is 1. The first-order chi connectivity index (χ1) is 13.1. The van der Waals surface area contributed by atoms with Crippen LogP contribution in [0.4, 0.5) is 17.2 Å². The fourth-order valence-electron chi connectivity index (χ4n) is 3.38. The van der Waals surface area contributed by atoms with E-state index in [1.165, 1.54) is 18.5 Å². The van der Waals surface area contributed by atoms with Crippen molar-refractivity contribution in [3.05, 3.63) is 42.1 Å². The molecule has 1 fully saturated rings. The molecular formula is C21H29N5O. The third kappa shape index (κ3) is 4.76. The monoisotopic (exact) mass is 367 g/mol. The average molecular weight is 367 g/mol. The number of rotatable bonds is 6. The summed E-state index contributed by atoms with van der Waals surface area (Å²) in [5, 5.41) is 11.1. The number of benzene rings is 1. The van der Waals surface area contributed by atoms with E-state index in [-0.39, 0.29) is 5.91 Å². The molecule has 0 unspecified atom stereocenters. The number of nitrogens with zero attached hydrogens (tertiary/aromatic N) is 4. The maximum absolute atomic E-state index is 12.4. The highest BCUT2D eigenvalue weighted by Gasteiger charge is 2.16. The van der Waals surface area contributed by atoms with Crippen LogP contribution in [0.15, 0.2) is 36.4 Å². The van der Waals surface area contributed by atoms with Gasteiger partial charge >= 0.3 is 0 Å². The van der Waals surface area contributed by atoms with Crippen molar-refractivity contribution in [3.63, 3.8) is 0 Å². The van der Waals surface area contributed by atoms with Crippen LogP contribution in [-0.2, 0) is 0 Å². The predicted molar refractivity (Wildman–Crippen MR) is 111 cm³/mol. The molecule has 3 rings (SSSR count). The highest BCUT2D eigenvalue weighted by atomic mass is 16.1. The highest BCUT2D eigenvalue weighted by molar-refractivity contribution is 6.02. The Morgan fingerprint density at radius 1 is 1.07 bits per heavy atom. The van der Waals surface area contributed by atoms with E-state index < -0.39 is 0 Å². The lowest BCUT2D eigenvalue weighted by Gasteiger charge is -2.32. The second-order valence-corrected chi connectivity index (χ2v) is 7.12. The minimum Gasteiger partial charge on any atom is -0.372 e. The van der Waals surface area contributed by atoms with Crippen LogP contribution in [0.3, 0.4) is 0 Å². The standard InChI is InChI=1S/C21H29N5O/c1-4-25(5-2)20-11-10-19(23-24-20)21(27)22-17-6-8-18(9-7-17)26-14-12-16(3)13-15-26/h6-11,16H,4-5,12-15H2,1-3H3,(H,22,27). The SMILES string of the molecule is CCN(CC)c1ccc(C(=O)Nc2ccc(N3CCC(C)CC3)cc2)nn1. The minimum absolute atomic E-state index is 0.242. The Labute approximate surface area is 161 Å². The molecule has 1 aromatic heterocycles. The van der Waals surface area contributed by atoms with E-state index >= 15 is 0 Å². The van der Waals surface area contributed by atoms with Crippen LogP contribution >= 0.6 is 0 Å². The molecule has 6 heteroatoms. The Morgan fingerprint density at radius 3 is 2.30 bits per heavy atom. The first-order valence-electron chi connectivity index (χ1n) is 9.85. The molecule has 6 nitrogen and oxygen atoms in total. The van der Waals surface area contributed by atoms with Crippen molar-refractivity contribution in [2.45, 2.75) is 33.6 Å². The van der Waals surface area contributed by atoms with E-state index in [2.05, 4.69) is 58.2 Å². The lowest BCUT2D eigenvalue weighted by molar-refractivity contribution is 0.102. The molecular weight excluding hydrogens is 338 g/mol. The van der Waals surface area contributed by atoms with Crippen molar-refractivity contribution in [1.29, 1.82) is 0 Å². The number of carbonyl (C=O) groups is 1. The molecule has 2 heterocycles. The van der Waals surface area contributed by atoms with Gasteiger partial charge in [0.1, 0.15) is 0 Å². The van der Waals surface area contributed by atoms with Gasteiger partial charge in [0.2, 0.25) is 0 Å². The molecule has 0 bridgehead atoms. The van der Waals surface area contributed by atoms with Crippen molar-refractivity contribution in [2.75, 3.05) is 41.3 Å². The van der Waals surface area contributed by atoms with Gasteiger partial charge in [0.25, 0.3) is 5.91 Å². The summed E-state index contributed by atoms with van der Waals surface area (Å²) < 4.78 is 0. The number of aromatic nitrogens is 2. The number of piperidine rings is 1. The molecule has 0 saturated carbocycles. The Balaban J connectivity index is 1.60. The third-order valence-corrected chi connectivity index (χ3v) is 5.24. The summed E-state index contributed by atoms with van der Waals surface area (Å²) in [5.74, 6) is 1.36. The van der Waals surface area contributed by atoms with E-state index in [4.69, 9.17) is 0 Å². The molecule has 0 aliphatic carbocycles. The van der Waals surface area contributed by atoms with Gasteiger partial charge in [-0.2, -0.15) is 0 Å². The van der Waals surface area contributed by atoms with E-state index in [1.807, 2.05) is 18.2 Å². The van der Waals surface area contributed by atoms with E-state index in [0.717, 1.165) is 43.6 Å². The Morgan fingerprint density at radius 2 is 1.74 bits per heavy atom. The fourth-order valence-corrected chi connectivity index (χ4v) is 3.38. The number of amides is 1. The van der Waals surface area contributed by atoms with Gasteiger partial charge in [-0.15, -0.1) is 10.2 Å². The van der Waals surface area contributed by atoms with Gasteiger partial charge in [-0.1, -0.05) is 6.92 Å².